The van der Waals surface area contributed by atoms with Crippen LogP contribution in [0.5, 0.6) is 0 Å². The monoisotopic (exact) mass is 551 g/mol. The first-order valence-electron chi connectivity index (χ1n) is 17.0. The molecule has 3 atom stereocenters. The fraction of sp³-hybridized carbons (Fsp3) is 0.941. The molecule has 0 spiro atoms. The third-order valence-corrected chi connectivity index (χ3v) is 8.55. The first-order chi connectivity index (χ1) is 18.9. The fourth-order valence-corrected chi connectivity index (χ4v) is 5.92. The van der Waals surface area contributed by atoms with Crippen molar-refractivity contribution in [2.45, 2.75) is 174 Å². The molecule has 1 aliphatic carbocycles. The first-order valence-corrected chi connectivity index (χ1v) is 17.0. The zero-order valence-electron chi connectivity index (χ0n) is 26.2. The first kappa shape index (κ1) is 35.9. The Kier molecular flexibility index (Phi) is 22.7. The van der Waals surface area contributed by atoms with E-state index >= 15 is 0 Å². The highest BCUT2D eigenvalue weighted by Crippen LogP contribution is 2.45. The van der Waals surface area contributed by atoms with Gasteiger partial charge in [0.05, 0.1) is 0 Å². The number of esters is 1. The van der Waals surface area contributed by atoms with E-state index in [4.69, 9.17) is 9.84 Å². The number of aliphatic carboxylic acids is 1. The minimum absolute atomic E-state index is 0.00181. The maximum absolute atomic E-state index is 12.4. The van der Waals surface area contributed by atoms with Crippen molar-refractivity contribution in [3.8, 4) is 0 Å². The molecule has 0 aromatic heterocycles. The van der Waals surface area contributed by atoms with E-state index in [1.807, 2.05) is 0 Å². The molecule has 0 aromatic rings. The van der Waals surface area contributed by atoms with Crippen molar-refractivity contribution in [3.63, 3.8) is 0 Å². The third kappa shape index (κ3) is 23.3. The molecule has 39 heavy (non-hydrogen) atoms. The van der Waals surface area contributed by atoms with Crippen LogP contribution in [0.3, 0.4) is 0 Å². The Morgan fingerprint density at radius 3 is 1.69 bits per heavy atom. The second kappa shape index (κ2) is 24.7. The lowest BCUT2D eigenvalue weighted by Crippen LogP contribution is -2.20. The number of nitrogens with zero attached hydrogens (tertiary/aromatic N) is 1. The van der Waals surface area contributed by atoms with Crippen LogP contribution in [0.15, 0.2) is 0 Å². The second-order valence-corrected chi connectivity index (χ2v) is 12.7. The van der Waals surface area contributed by atoms with Crippen LogP contribution in [-0.4, -0.2) is 48.7 Å². The number of carbonyl (C=O) groups is 2. The summed E-state index contributed by atoms with van der Waals surface area (Å²) in [6, 6.07) is 0. The molecule has 1 saturated carbocycles. The average molecular weight is 552 g/mol. The molecule has 0 heterocycles. The van der Waals surface area contributed by atoms with E-state index in [1.54, 1.807) is 0 Å². The molecular formula is C34H65NO4. The van der Waals surface area contributed by atoms with Crippen LogP contribution in [0.2, 0.25) is 0 Å². The second-order valence-electron chi connectivity index (χ2n) is 12.7. The Morgan fingerprint density at radius 1 is 0.692 bits per heavy atom. The predicted molar refractivity (Wildman–Crippen MR) is 164 cm³/mol. The SMILES string of the molecule is CCCCCCCCC(CCCCCCCCC1CC1CCCCCCCC(=O)O)OC(=O)CCCN(C)C. The van der Waals surface area contributed by atoms with Crippen LogP contribution >= 0.6 is 0 Å². The zero-order valence-corrected chi connectivity index (χ0v) is 26.2. The number of carbonyl (C=O) groups excluding carboxylic acids is 1. The summed E-state index contributed by atoms with van der Waals surface area (Å²) in [6.07, 6.45) is 29.6. The van der Waals surface area contributed by atoms with Gasteiger partial charge in [-0.25, -0.2) is 0 Å². The largest absolute Gasteiger partial charge is 0.481 e. The van der Waals surface area contributed by atoms with Crippen LogP contribution in [-0.2, 0) is 14.3 Å². The molecule has 0 bridgehead atoms. The third-order valence-electron chi connectivity index (χ3n) is 8.55. The molecule has 1 N–H and O–H groups in total. The van der Waals surface area contributed by atoms with Gasteiger partial charge in [0, 0.05) is 12.8 Å². The van der Waals surface area contributed by atoms with Gasteiger partial charge < -0.3 is 14.7 Å². The quantitative estimate of drug-likeness (QED) is 0.0740. The summed E-state index contributed by atoms with van der Waals surface area (Å²) in [6.45, 7) is 3.20. The number of hydrogen-bond donors (Lipinski definition) is 1. The lowest BCUT2D eigenvalue weighted by molar-refractivity contribution is -0.150. The van der Waals surface area contributed by atoms with Crippen molar-refractivity contribution in [1.29, 1.82) is 0 Å². The normalized spacial score (nSPS) is 17.4. The lowest BCUT2D eigenvalue weighted by atomic mass is 10.0. The van der Waals surface area contributed by atoms with Crippen molar-refractivity contribution in [3.05, 3.63) is 0 Å². The molecule has 1 rings (SSSR count). The highest BCUT2D eigenvalue weighted by molar-refractivity contribution is 5.69. The minimum Gasteiger partial charge on any atom is -0.481 e. The number of ether oxygens (including phenoxy) is 1. The van der Waals surface area contributed by atoms with Crippen molar-refractivity contribution in [2.75, 3.05) is 20.6 Å². The summed E-state index contributed by atoms with van der Waals surface area (Å²) < 4.78 is 5.93. The lowest BCUT2D eigenvalue weighted by Gasteiger charge is -2.18. The van der Waals surface area contributed by atoms with E-state index in [2.05, 4.69) is 25.9 Å². The van der Waals surface area contributed by atoms with Gasteiger partial charge in [-0.2, -0.15) is 0 Å². The number of carboxylic acid groups (broad SMARTS) is 1. The van der Waals surface area contributed by atoms with Gasteiger partial charge in [0.15, 0.2) is 0 Å². The van der Waals surface area contributed by atoms with E-state index in [1.165, 1.54) is 116 Å². The van der Waals surface area contributed by atoms with Gasteiger partial charge >= 0.3 is 11.9 Å². The maximum atomic E-state index is 12.4. The molecular weight excluding hydrogens is 486 g/mol. The summed E-state index contributed by atoms with van der Waals surface area (Å²) >= 11 is 0. The topological polar surface area (TPSA) is 66.8 Å². The summed E-state index contributed by atoms with van der Waals surface area (Å²) in [5.41, 5.74) is 0. The number of hydrogen-bond acceptors (Lipinski definition) is 4. The van der Waals surface area contributed by atoms with E-state index < -0.39 is 5.97 Å². The summed E-state index contributed by atoms with van der Waals surface area (Å²) in [5.74, 6) is 1.32. The Balaban J connectivity index is 2.04. The van der Waals surface area contributed by atoms with E-state index in [-0.39, 0.29) is 12.1 Å². The van der Waals surface area contributed by atoms with E-state index in [0.717, 1.165) is 50.5 Å². The minimum atomic E-state index is -0.660. The smallest absolute Gasteiger partial charge is 0.306 e. The number of rotatable bonds is 29. The Labute approximate surface area is 242 Å². The number of unbranched alkanes of at least 4 members (excludes halogenated alkanes) is 14. The molecule has 0 aliphatic heterocycles. The molecule has 0 amide bonds. The molecule has 5 heteroatoms. The van der Waals surface area contributed by atoms with Gasteiger partial charge in [-0.15, -0.1) is 0 Å². The van der Waals surface area contributed by atoms with Crippen molar-refractivity contribution >= 4 is 11.9 Å². The highest BCUT2D eigenvalue weighted by atomic mass is 16.5. The van der Waals surface area contributed by atoms with Gasteiger partial charge in [-0.1, -0.05) is 110 Å². The summed E-state index contributed by atoms with van der Waals surface area (Å²) in [4.78, 5) is 25.0. The maximum Gasteiger partial charge on any atom is 0.306 e. The molecule has 1 fully saturated rings. The Bertz CT molecular complexity index is 594. The average Bonchev–Trinajstić information content (AvgIpc) is 3.64. The van der Waals surface area contributed by atoms with Crippen LogP contribution in [0.25, 0.3) is 0 Å². The van der Waals surface area contributed by atoms with E-state index in [9.17, 15) is 9.59 Å². The molecule has 3 unspecified atom stereocenters. The van der Waals surface area contributed by atoms with Crippen molar-refractivity contribution in [1.82, 2.24) is 4.90 Å². The zero-order chi connectivity index (χ0) is 28.6. The molecule has 0 aromatic carbocycles. The predicted octanol–water partition coefficient (Wildman–Crippen LogP) is 9.56. The molecule has 1 aliphatic rings. The van der Waals surface area contributed by atoms with Gasteiger partial charge in [0.1, 0.15) is 6.10 Å². The van der Waals surface area contributed by atoms with Gasteiger partial charge in [0.25, 0.3) is 0 Å². The van der Waals surface area contributed by atoms with Gasteiger partial charge in [-0.05, 0) is 77.4 Å². The van der Waals surface area contributed by atoms with Crippen LogP contribution in [0.4, 0.5) is 0 Å². The van der Waals surface area contributed by atoms with Gasteiger partial charge in [-0.3, -0.25) is 9.59 Å². The molecule has 230 valence electrons. The van der Waals surface area contributed by atoms with Crippen LogP contribution in [0.1, 0.15) is 167 Å². The molecule has 5 nitrogen and oxygen atoms in total. The Hall–Kier alpha value is -1.10. The number of carboxylic acids is 1. The Morgan fingerprint density at radius 2 is 1.18 bits per heavy atom. The fourth-order valence-electron chi connectivity index (χ4n) is 5.92. The summed E-state index contributed by atoms with van der Waals surface area (Å²) in [7, 11) is 4.10. The standard InChI is InChI=1S/C34H65NO4/c1-4-5-6-7-13-18-24-32(39-34(38)27-21-28-35(2)3)25-19-14-9-8-11-16-22-30-29-31(30)23-17-12-10-15-20-26-33(36)37/h30-32H,4-29H2,1-3H3,(H,36,37). The van der Waals surface area contributed by atoms with Crippen LogP contribution in [0, 0.1) is 11.8 Å². The van der Waals surface area contributed by atoms with Crippen molar-refractivity contribution < 1.29 is 19.4 Å². The molecule has 0 saturated heterocycles. The van der Waals surface area contributed by atoms with Gasteiger partial charge in [0.2, 0.25) is 0 Å². The van der Waals surface area contributed by atoms with E-state index in [0.29, 0.717) is 12.8 Å². The highest BCUT2D eigenvalue weighted by Gasteiger charge is 2.35. The molecule has 0 radical (unpaired) electrons. The van der Waals surface area contributed by atoms with Crippen molar-refractivity contribution in [2.24, 2.45) is 11.8 Å². The summed E-state index contributed by atoms with van der Waals surface area (Å²) in [5, 5.41) is 8.68. The van der Waals surface area contributed by atoms with Crippen LogP contribution < -0.4 is 0 Å².